The Kier molecular flexibility index (Phi) is 7.69. The second-order valence-electron chi connectivity index (χ2n) is 9.93. The number of carbonyl (C=O) groups is 1. The minimum absolute atomic E-state index is 0.0144. The topological polar surface area (TPSA) is 73.2 Å². The van der Waals surface area contributed by atoms with Gasteiger partial charge in [-0.2, -0.15) is 18.2 Å². The van der Waals surface area contributed by atoms with Crippen LogP contribution in [0, 0.1) is 5.92 Å². The van der Waals surface area contributed by atoms with Gasteiger partial charge in [-0.15, -0.1) is 11.8 Å². The number of hydrogen-bond donors (Lipinski definition) is 1. The number of nitrogens with one attached hydrogen (secondary N) is 1. The van der Waals surface area contributed by atoms with Crippen molar-refractivity contribution in [2.45, 2.75) is 62.1 Å². The van der Waals surface area contributed by atoms with E-state index in [0.29, 0.717) is 5.56 Å². The number of benzene rings is 1. The summed E-state index contributed by atoms with van der Waals surface area (Å²) < 4.78 is 48.8. The van der Waals surface area contributed by atoms with Gasteiger partial charge >= 0.3 is 11.9 Å². The lowest BCUT2D eigenvalue weighted by molar-refractivity contribution is -0.178. The lowest BCUT2D eigenvalue weighted by Gasteiger charge is -2.36. The lowest BCUT2D eigenvalue weighted by Crippen LogP contribution is -2.42. The Morgan fingerprint density at radius 1 is 1.21 bits per heavy atom. The summed E-state index contributed by atoms with van der Waals surface area (Å²) in [6.45, 7) is 10.5. The molecule has 1 fully saturated rings. The van der Waals surface area contributed by atoms with Gasteiger partial charge < -0.3 is 9.74 Å². The molecular formula is C23H30F3N3O3SSi. The molecule has 2 heterocycles. The van der Waals surface area contributed by atoms with Crippen LogP contribution in [0.1, 0.15) is 42.9 Å². The molecule has 1 aliphatic rings. The molecule has 0 saturated carbocycles. The van der Waals surface area contributed by atoms with Gasteiger partial charge in [0.2, 0.25) is 0 Å². The van der Waals surface area contributed by atoms with Crippen LogP contribution in [0.5, 0.6) is 0 Å². The zero-order chi connectivity index (χ0) is 25.3. The fourth-order valence-corrected chi connectivity index (χ4v) is 6.16. The van der Waals surface area contributed by atoms with Gasteiger partial charge in [-0.05, 0) is 42.8 Å². The SMILES string of the molecule is CC(C)(C)[Si](C)(C)OC[C@H]1C[C@H](C(F)(F)F)[C@@H](n2ccc(NC(=O)c3ccccc3)nc2=O)S1. The Labute approximate surface area is 202 Å². The fraction of sp³-hybridized carbons (Fsp3) is 0.522. The second kappa shape index (κ2) is 9.86. The summed E-state index contributed by atoms with van der Waals surface area (Å²) in [6.07, 6.45) is -3.33. The molecule has 1 aliphatic heterocycles. The molecule has 1 amide bonds. The van der Waals surface area contributed by atoms with Crippen molar-refractivity contribution >= 4 is 31.8 Å². The Balaban J connectivity index is 1.77. The minimum atomic E-state index is -4.47. The zero-order valence-electron chi connectivity index (χ0n) is 19.8. The monoisotopic (exact) mass is 513 g/mol. The maximum Gasteiger partial charge on any atom is 0.394 e. The Morgan fingerprint density at radius 3 is 2.41 bits per heavy atom. The number of amides is 1. The van der Waals surface area contributed by atoms with Crippen molar-refractivity contribution in [3.63, 3.8) is 0 Å². The molecule has 3 atom stereocenters. The minimum Gasteiger partial charge on any atom is -0.416 e. The molecule has 0 bridgehead atoms. The average molecular weight is 514 g/mol. The van der Waals surface area contributed by atoms with Crippen molar-refractivity contribution in [3.05, 3.63) is 58.6 Å². The summed E-state index contributed by atoms with van der Waals surface area (Å²) in [5, 5.41) is 0.915. The summed E-state index contributed by atoms with van der Waals surface area (Å²) in [4.78, 5) is 28.8. The third kappa shape index (κ3) is 6.11. The van der Waals surface area contributed by atoms with Crippen LogP contribution >= 0.6 is 11.8 Å². The summed E-state index contributed by atoms with van der Waals surface area (Å²) in [6, 6.07) is 9.70. The van der Waals surface area contributed by atoms with Crippen LogP contribution in [0.25, 0.3) is 0 Å². The number of anilines is 1. The maximum absolute atomic E-state index is 13.9. The van der Waals surface area contributed by atoms with Crippen LogP contribution < -0.4 is 11.0 Å². The van der Waals surface area contributed by atoms with E-state index in [4.69, 9.17) is 4.43 Å². The normalized spacial score (nSPS) is 21.5. The van der Waals surface area contributed by atoms with Crippen LogP contribution in [-0.2, 0) is 4.43 Å². The van der Waals surface area contributed by atoms with Crippen molar-refractivity contribution in [1.29, 1.82) is 0 Å². The standard InChI is InChI=1S/C23H30F3N3O3SSi/c1-22(2,3)34(4,5)32-14-16-13-17(23(24,25)26)20(33-16)29-12-11-18(28-21(29)31)27-19(30)15-9-7-6-8-10-15/h6-12,16-17,20H,13-14H2,1-5H3,(H,27,28,30,31)/t16-,17+,20+/m1/s1. The number of carbonyl (C=O) groups excluding carboxylic acids is 1. The van der Waals surface area contributed by atoms with Crippen LogP contribution in [0.15, 0.2) is 47.4 Å². The predicted octanol–water partition coefficient (Wildman–Crippen LogP) is 5.70. The van der Waals surface area contributed by atoms with Gasteiger partial charge in [-0.3, -0.25) is 9.36 Å². The Morgan fingerprint density at radius 2 is 1.85 bits per heavy atom. The molecule has 3 rings (SSSR count). The summed E-state index contributed by atoms with van der Waals surface area (Å²) in [7, 11) is -2.12. The van der Waals surface area contributed by atoms with Crippen LogP contribution in [0.2, 0.25) is 18.1 Å². The molecule has 1 aromatic heterocycles. The van der Waals surface area contributed by atoms with Gasteiger partial charge in [-0.1, -0.05) is 39.0 Å². The number of nitrogens with zero attached hydrogens (tertiary/aromatic N) is 2. The molecule has 1 N–H and O–H groups in total. The van der Waals surface area contributed by atoms with Gasteiger partial charge in [-0.25, -0.2) is 4.79 Å². The highest BCUT2D eigenvalue weighted by atomic mass is 32.2. The van der Waals surface area contributed by atoms with Crippen molar-refractivity contribution in [2.75, 3.05) is 11.9 Å². The van der Waals surface area contributed by atoms with E-state index in [-0.39, 0.29) is 23.9 Å². The average Bonchev–Trinajstić information content (AvgIpc) is 3.17. The van der Waals surface area contributed by atoms with Crippen LogP contribution in [0.4, 0.5) is 19.0 Å². The third-order valence-electron chi connectivity index (χ3n) is 6.43. The number of halogens is 3. The highest BCUT2D eigenvalue weighted by molar-refractivity contribution is 8.00. The van der Waals surface area contributed by atoms with Crippen molar-refractivity contribution in [1.82, 2.24) is 9.55 Å². The highest BCUT2D eigenvalue weighted by Gasteiger charge is 2.52. The van der Waals surface area contributed by atoms with Crippen molar-refractivity contribution in [2.24, 2.45) is 5.92 Å². The second-order valence-corrected chi connectivity index (χ2v) is 16.2. The van der Waals surface area contributed by atoms with Crippen molar-refractivity contribution in [3.8, 4) is 0 Å². The van der Waals surface area contributed by atoms with E-state index in [1.165, 1.54) is 12.3 Å². The van der Waals surface area contributed by atoms with E-state index in [2.05, 4.69) is 44.2 Å². The van der Waals surface area contributed by atoms with E-state index in [1.54, 1.807) is 30.3 Å². The van der Waals surface area contributed by atoms with Crippen molar-refractivity contribution < 1.29 is 22.4 Å². The molecule has 0 aliphatic carbocycles. The Bertz CT molecular complexity index is 1070. The molecule has 0 radical (unpaired) electrons. The van der Waals surface area contributed by atoms with E-state index in [0.717, 1.165) is 16.3 Å². The molecule has 1 aromatic carbocycles. The summed E-state index contributed by atoms with van der Waals surface area (Å²) in [5.41, 5.74) is -0.467. The molecule has 2 aromatic rings. The molecule has 0 spiro atoms. The first-order valence-corrected chi connectivity index (χ1v) is 14.9. The summed E-state index contributed by atoms with van der Waals surface area (Å²) >= 11 is 1.09. The van der Waals surface area contributed by atoms with E-state index in [9.17, 15) is 22.8 Å². The van der Waals surface area contributed by atoms with E-state index >= 15 is 0 Å². The number of hydrogen-bond acceptors (Lipinski definition) is 5. The van der Waals surface area contributed by atoms with Crippen LogP contribution in [-0.4, -0.2) is 41.8 Å². The molecule has 0 unspecified atom stereocenters. The third-order valence-corrected chi connectivity index (χ3v) is 12.5. The quantitative estimate of drug-likeness (QED) is 0.502. The zero-order valence-corrected chi connectivity index (χ0v) is 21.7. The lowest BCUT2D eigenvalue weighted by atomic mass is 10.0. The number of thioether (sulfide) groups is 1. The van der Waals surface area contributed by atoms with E-state index in [1.807, 2.05) is 0 Å². The smallest absolute Gasteiger partial charge is 0.394 e. The number of alkyl halides is 3. The van der Waals surface area contributed by atoms with Gasteiger partial charge in [0.25, 0.3) is 5.91 Å². The van der Waals surface area contributed by atoms with Gasteiger partial charge in [0.05, 0.1) is 11.3 Å². The molecule has 186 valence electrons. The molecule has 11 heteroatoms. The first-order chi connectivity index (χ1) is 15.7. The Hall–Kier alpha value is -2.11. The number of aromatic nitrogens is 2. The van der Waals surface area contributed by atoms with Gasteiger partial charge in [0.1, 0.15) is 5.82 Å². The van der Waals surface area contributed by atoms with Gasteiger partial charge in [0, 0.05) is 23.6 Å². The largest absolute Gasteiger partial charge is 0.416 e. The summed E-state index contributed by atoms with van der Waals surface area (Å²) in [5.74, 6) is -2.18. The predicted molar refractivity (Wildman–Crippen MR) is 131 cm³/mol. The molecule has 34 heavy (non-hydrogen) atoms. The molecule has 1 saturated heterocycles. The maximum atomic E-state index is 13.9. The molecule has 6 nitrogen and oxygen atoms in total. The fourth-order valence-electron chi connectivity index (χ4n) is 3.38. The van der Waals surface area contributed by atoms with Crippen LogP contribution in [0.3, 0.4) is 0 Å². The molecular weight excluding hydrogens is 483 g/mol. The van der Waals surface area contributed by atoms with E-state index < -0.39 is 42.6 Å². The first kappa shape index (κ1) is 26.5. The number of rotatable bonds is 6. The first-order valence-electron chi connectivity index (χ1n) is 11.0. The highest BCUT2D eigenvalue weighted by Crippen LogP contribution is 2.52. The van der Waals surface area contributed by atoms with Gasteiger partial charge in [0.15, 0.2) is 8.32 Å².